The Bertz CT molecular complexity index is 626. The summed E-state index contributed by atoms with van der Waals surface area (Å²) in [6.45, 7) is 1.93. The zero-order valence-electron chi connectivity index (χ0n) is 11.0. The lowest BCUT2D eigenvalue weighted by atomic mass is 9.85. The van der Waals surface area contributed by atoms with Crippen LogP contribution >= 0.6 is 11.6 Å². The lowest BCUT2D eigenvalue weighted by Gasteiger charge is -2.20. The number of Topliss-reactive ketones (excluding diaryl/α,β-unsaturated/α-hetero) is 1. The van der Waals surface area contributed by atoms with Gasteiger partial charge in [-0.05, 0) is 31.9 Å². The average molecular weight is 277 g/mol. The standard InChI is InChI=1S/C15H17ClN2O/c1-10-13-7-12(16)8-14(18(13)9-17-10)15(19)11-5-3-2-4-6-11/h7-9,11H,2-6H2,1H3. The molecule has 2 heterocycles. The van der Waals surface area contributed by atoms with Crippen molar-refractivity contribution in [1.82, 2.24) is 9.38 Å². The predicted molar refractivity (Wildman–Crippen MR) is 75.8 cm³/mol. The number of hydrogen-bond donors (Lipinski definition) is 0. The van der Waals surface area contributed by atoms with Gasteiger partial charge >= 0.3 is 0 Å². The smallest absolute Gasteiger partial charge is 0.182 e. The molecule has 0 saturated heterocycles. The van der Waals surface area contributed by atoms with Gasteiger partial charge < -0.3 is 0 Å². The van der Waals surface area contributed by atoms with Crippen molar-refractivity contribution in [1.29, 1.82) is 0 Å². The van der Waals surface area contributed by atoms with Crippen molar-refractivity contribution in [3.63, 3.8) is 0 Å². The highest BCUT2D eigenvalue weighted by molar-refractivity contribution is 6.31. The number of ketones is 1. The SMILES string of the molecule is Cc1ncn2c(C(=O)C3CCCCC3)cc(Cl)cc12. The molecule has 0 unspecified atom stereocenters. The Morgan fingerprint density at radius 3 is 2.79 bits per heavy atom. The topological polar surface area (TPSA) is 34.4 Å². The number of carbonyl (C=O) groups is 1. The highest BCUT2D eigenvalue weighted by Gasteiger charge is 2.24. The number of halogens is 1. The molecule has 0 radical (unpaired) electrons. The molecule has 2 aromatic rings. The van der Waals surface area contributed by atoms with E-state index >= 15 is 0 Å². The summed E-state index contributed by atoms with van der Waals surface area (Å²) >= 11 is 6.14. The van der Waals surface area contributed by atoms with Gasteiger partial charge in [0.2, 0.25) is 0 Å². The summed E-state index contributed by atoms with van der Waals surface area (Å²) in [5, 5.41) is 0.607. The summed E-state index contributed by atoms with van der Waals surface area (Å²) in [5.41, 5.74) is 2.50. The van der Waals surface area contributed by atoms with Crippen molar-refractivity contribution < 1.29 is 4.79 Å². The van der Waals surface area contributed by atoms with Gasteiger partial charge in [0, 0.05) is 10.9 Å². The van der Waals surface area contributed by atoms with Crippen molar-refractivity contribution in [3.05, 3.63) is 34.9 Å². The Morgan fingerprint density at radius 1 is 1.32 bits per heavy atom. The van der Waals surface area contributed by atoms with Crippen LogP contribution in [0.25, 0.3) is 5.52 Å². The molecule has 0 bridgehead atoms. The van der Waals surface area contributed by atoms with Crippen LogP contribution in [0.3, 0.4) is 0 Å². The van der Waals surface area contributed by atoms with Gasteiger partial charge in [-0.3, -0.25) is 9.20 Å². The minimum Gasteiger partial charge on any atom is -0.296 e. The summed E-state index contributed by atoms with van der Waals surface area (Å²) in [6, 6.07) is 3.63. The van der Waals surface area contributed by atoms with E-state index in [0.29, 0.717) is 10.7 Å². The molecule has 3 nitrogen and oxygen atoms in total. The van der Waals surface area contributed by atoms with Gasteiger partial charge in [0.15, 0.2) is 5.78 Å². The van der Waals surface area contributed by atoms with Crippen molar-refractivity contribution >= 4 is 22.9 Å². The summed E-state index contributed by atoms with van der Waals surface area (Å²) < 4.78 is 1.87. The Kier molecular flexibility index (Phi) is 3.31. The molecule has 0 spiro atoms. The first-order chi connectivity index (χ1) is 9.16. The van der Waals surface area contributed by atoms with E-state index in [1.807, 2.05) is 17.4 Å². The van der Waals surface area contributed by atoms with E-state index in [-0.39, 0.29) is 11.7 Å². The molecule has 1 saturated carbocycles. The fourth-order valence-corrected chi connectivity index (χ4v) is 3.16. The van der Waals surface area contributed by atoms with Crippen LogP contribution < -0.4 is 0 Å². The third-order valence-electron chi connectivity index (χ3n) is 4.03. The normalized spacial score (nSPS) is 16.9. The second kappa shape index (κ2) is 4.97. The number of imidazole rings is 1. The third kappa shape index (κ3) is 2.27. The molecular weight excluding hydrogens is 260 g/mol. The van der Waals surface area contributed by atoms with Crippen LogP contribution in [0.15, 0.2) is 18.5 Å². The van der Waals surface area contributed by atoms with Crippen LogP contribution in [0.2, 0.25) is 5.02 Å². The molecule has 1 aliphatic rings. The van der Waals surface area contributed by atoms with E-state index in [2.05, 4.69) is 4.98 Å². The van der Waals surface area contributed by atoms with Crippen molar-refractivity contribution in [2.45, 2.75) is 39.0 Å². The largest absolute Gasteiger partial charge is 0.296 e. The monoisotopic (exact) mass is 276 g/mol. The quantitative estimate of drug-likeness (QED) is 0.775. The Hall–Kier alpha value is -1.35. The van der Waals surface area contributed by atoms with E-state index in [1.165, 1.54) is 6.42 Å². The lowest BCUT2D eigenvalue weighted by molar-refractivity contribution is 0.0883. The molecule has 0 atom stereocenters. The van der Waals surface area contributed by atoms with Crippen LogP contribution in [0, 0.1) is 12.8 Å². The fraction of sp³-hybridized carbons (Fsp3) is 0.467. The highest BCUT2D eigenvalue weighted by Crippen LogP contribution is 2.28. The second-order valence-corrected chi connectivity index (χ2v) is 5.78. The first-order valence-corrected chi connectivity index (χ1v) is 7.22. The number of carbonyl (C=O) groups excluding carboxylic acids is 1. The van der Waals surface area contributed by atoms with Gasteiger partial charge in [-0.1, -0.05) is 30.9 Å². The molecule has 0 aromatic carbocycles. The zero-order valence-corrected chi connectivity index (χ0v) is 11.8. The molecule has 100 valence electrons. The van der Waals surface area contributed by atoms with E-state index in [4.69, 9.17) is 11.6 Å². The Morgan fingerprint density at radius 2 is 2.05 bits per heavy atom. The molecule has 19 heavy (non-hydrogen) atoms. The zero-order chi connectivity index (χ0) is 13.4. The minimum absolute atomic E-state index is 0.151. The molecule has 1 fully saturated rings. The maximum absolute atomic E-state index is 12.7. The van der Waals surface area contributed by atoms with Gasteiger partial charge in [-0.25, -0.2) is 4.98 Å². The van der Waals surface area contributed by atoms with E-state index in [9.17, 15) is 4.79 Å². The van der Waals surface area contributed by atoms with Gasteiger partial charge in [-0.15, -0.1) is 0 Å². The molecule has 0 N–H and O–H groups in total. The summed E-state index contributed by atoms with van der Waals surface area (Å²) in [4.78, 5) is 16.9. The van der Waals surface area contributed by atoms with Crippen LogP contribution in [-0.2, 0) is 0 Å². The highest BCUT2D eigenvalue weighted by atomic mass is 35.5. The third-order valence-corrected chi connectivity index (χ3v) is 4.25. The maximum atomic E-state index is 12.7. The molecule has 0 amide bonds. The van der Waals surface area contributed by atoms with Gasteiger partial charge in [0.1, 0.15) is 6.33 Å². The number of fused-ring (bicyclic) bond motifs is 1. The molecule has 1 aliphatic carbocycles. The summed E-state index contributed by atoms with van der Waals surface area (Å²) in [5.74, 6) is 0.364. The van der Waals surface area contributed by atoms with Crippen LogP contribution in [-0.4, -0.2) is 15.2 Å². The number of pyridine rings is 1. The van der Waals surface area contributed by atoms with Gasteiger partial charge in [0.05, 0.1) is 16.9 Å². The van der Waals surface area contributed by atoms with Crippen LogP contribution in [0.5, 0.6) is 0 Å². The fourth-order valence-electron chi connectivity index (χ4n) is 2.95. The number of rotatable bonds is 2. The van der Waals surface area contributed by atoms with E-state index < -0.39 is 0 Å². The van der Waals surface area contributed by atoms with Crippen LogP contribution in [0.4, 0.5) is 0 Å². The summed E-state index contributed by atoms with van der Waals surface area (Å²) in [7, 11) is 0. The van der Waals surface area contributed by atoms with Gasteiger partial charge in [-0.2, -0.15) is 0 Å². The molecule has 4 heteroatoms. The molecule has 2 aromatic heterocycles. The second-order valence-electron chi connectivity index (χ2n) is 5.34. The number of hydrogen-bond acceptors (Lipinski definition) is 2. The van der Waals surface area contributed by atoms with Crippen molar-refractivity contribution in [2.75, 3.05) is 0 Å². The summed E-state index contributed by atoms with van der Waals surface area (Å²) in [6.07, 6.45) is 7.28. The van der Waals surface area contributed by atoms with E-state index in [1.54, 1.807) is 12.4 Å². The predicted octanol–water partition coefficient (Wildman–Crippen LogP) is 4.06. The van der Waals surface area contributed by atoms with Crippen LogP contribution in [0.1, 0.15) is 48.3 Å². The first kappa shape index (κ1) is 12.7. The Balaban J connectivity index is 2.06. The van der Waals surface area contributed by atoms with Crippen molar-refractivity contribution in [2.24, 2.45) is 5.92 Å². The molecule has 0 aliphatic heterocycles. The first-order valence-electron chi connectivity index (χ1n) is 6.84. The number of aryl methyl sites for hydroxylation is 1. The number of nitrogens with zero attached hydrogens (tertiary/aromatic N) is 2. The number of aromatic nitrogens is 2. The lowest BCUT2D eigenvalue weighted by Crippen LogP contribution is -2.20. The minimum atomic E-state index is 0.151. The molecular formula is C15H17ClN2O. The Labute approximate surface area is 117 Å². The van der Waals surface area contributed by atoms with E-state index in [0.717, 1.165) is 36.9 Å². The average Bonchev–Trinajstić information content (AvgIpc) is 2.80. The maximum Gasteiger partial charge on any atom is 0.182 e. The molecule has 3 rings (SSSR count). The van der Waals surface area contributed by atoms with Crippen molar-refractivity contribution in [3.8, 4) is 0 Å². The van der Waals surface area contributed by atoms with Gasteiger partial charge in [0.25, 0.3) is 0 Å².